The topological polar surface area (TPSA) is 116 Å². The van der Waals surface area contributed by atoms with Gasteiger partial charge in [-0.1, -0.05) is 24.3 Å². The molecule has 0 N–H and O–H groups in total. The van der Waals surface area contributed by atoms with Crippen LogP contribution in [0.25, 0.3) is 6.08 Å². The molecule has 1 fully saturated rings. The first-order chi connectivity index (χ1) is 17.3. The fourth-order valence-corrected chi connectivity index (χ4v) is 4.16. The normalized spacial score (nSPS) is 14.3. The number of benzene rings is 3. The highest BCUT2D eigenvalue weighted by atomic mass is 32.2. The maximum Gasteiger partial charge on any atom is 0.343 e. The third kappa shape index (κ3) is 5.26. The Morgan fingerprint density at radius 3 is 2.47 bits per heavy atom. The number of methoxy groups -OCH3 is 1. The van der Waals surface area contributed by atoms with E-state index < -0.39 is 27.9 Å². The van der Waals surface area contributed by atoms with Crippen LogP contribution in [0.4, 0.5) is 14.9 Å². The third-order valence-corrected chi connectivity index (χ3v) is 6.07. The highest BCUT2D eigenvalue weighted by molar-refractivity contribution is 8.18. The van der Waals surface area contributed by atoms with Gasteiger partial charge in [-0.2, -0.15) is 0 Å². The zero-order chi connectivity index (χ0) is 25.8. The summed E-state index contributed by atoms with van der Waals surface area (Å²) < 4.78 is 24.6. The van der Waals surface area contributed by atoms with E-state index in [1.54, 1.807) is 12.1 Å². The van der Waals surface area contributed by atoms with Crippen LogP contribution >= 0.6 is 11.8 Å². The minimum absolute atomic E-state index is 0.0886. The Balaban J connectivity index is 1.50. The number of thioether (sulfide) groups is 1. The van der Waals surface area contributed by atoms with Crippen LogP contribution in [0.15, 0.2) is 71.6 Å². The first-order valence-corrected chi connectivity index (χ1v) is 11.2. The molecule has 0 saturated carbocycles. The number of rotatable bonds is 7. The summed E-state index contributed by atoms with van der Waals surface area (Å²) in [6.07, 6.45) is 1.48. The molecular weight excluding hydrogens is 491 g/mol. The number of nitrogens with zero attached hydrogens (tertiary/aromatic N) is 2. The highest BCUT2D eigenvalue weighted by Gasteiger charge is 2.35. The van der Waals surface area contributed by atoms with Gasteiger partial charge in [0.1, 0.15) is 5.82 Å². The average molecular weight is 508 g/mol. The van der Waals surface area contributed by atoms with Crippen molar-refractivity contribution in [3.8, 4) is 11.5 Å². The summed E-state index contributed by atoms with van der Waals surface area (Å²) in [6.45, 7) is -0.185. The quantitative estimate of drug-likeness (QED) is 0.141. The van der Waals surface area contributed by atoms with Gasteiger partial charge in [0, 0.05) is 17.7 Å². The highest BCUT2D eigenvalue weighted by Crippen LogP contribution is 2.35. The van der Waals surface area contributed by atoms with E-state index in [0.29, 0.717) is 5.56 Å². The van der Waals surface area contributed by atoms with Crippen molar-refractivity contribution in [2.75, 3.05) is 7.11 Å². The fourth-order valence-electron chi connectivity index (χ4n) is 3.32. The van der Waals surface area contributed by atoms with Crippen LogP contribution in [0.1, 0.15) is 21.5 Å². The van der Waals surface area contributed by atoms with Crippen LogP contribution in [0.5, 0.6) is 11.5 Å². The van der Waals surface area contributed by atoms with Crippen LogP contribution in [0.3, 0.4) is 0 Å². The smallest absolute Gasteiger partial charge is 0.343 e. The Morgan fingerprint density at radius 1 is 1.08 bits per heavy atom. The van der Waals surface area contributed by atoms with E-state index in [1.165, 1.54) is 67.8 Å². The van der Waals surface area contributed by atoms with Crippen LogP contribution in [-0.2, 0) is 11.3 Å². The molecule has 1 saturated heterocycles. The van der Waals surface area contributed by atoms with Crippen LogP contribution < -0.4 is 9.47 Å². The Morgan fingerprint density at radius 2 is 1.81 bits per heavy atom. The molecule has 0 bridgehead atoms. The maximum atomic E-state index is 14.0. The molecule has 11 heteroatoms. The zero-order valence-corrected chi connectivity index (χ0v) is 19.5. The fraction of sp³-hybridized carbons (Fsp3) is 0.0800. The number of halogens is 1. The predicted octanol–water partition coefficient (Wildman–Crippen LogP) is 5.20. The summed E-state index contributed by atoms with van der Waals surface area (Å²) in [7, 11) is 1.37. The molecule has 3 aromatic rings. The molecule has 1 aliphatic rings. The van der Waals surface area contributed by atoms with Crippen LogP contribution in [0, 0.1) is 15.9 Å². The van der Waals surface area contributed by atoms with Gasteiger partial charge in [-0.15, -0.1) is 0 Å². The van der Waals surface area contributed by atoms with Crippen molar-refractivity contribution in [1.29, 1.82) is 0 Å². The molecule has 9 nitrogen and oxygen atoms in total. The second-order valence-electron chi connectivity index (χ2n) is 7.46. The average Bonchev–Trinajstić information content (AvgIpc) is 3.13. The van der Waals surface area contributed by atoms with Crippen molar-refractivity contribution in [2.45, 2.75) is 6.54 Å². The summed E-state index contributed by atoms with van der Waals surface area (Å²) >= 11 is 0.732. The molecule has 1 heterocycles. The van der Waals surface area contributed by atoms with E-state index in [9.17, 15) is 28.9 Å². The zero-order valence-electron chi connectivity index (χ0n) is 18.7. The van der Waals surface area contributed by atoms with Crippen LogP contribution in [0.2, 0.25) is 0 Å². The lowest BCUT2D eigenvalue weighted by molar-refractivity contribution is -0.384. The number of hydrogen-bond acceptors (Lipinski definition) is 8. The number of hydrogen-bond donors (Lipinski definition) is 0. The molecule has 0 spiro atoms. The predicted molar refractivity (Wildman–Crippen MR) is 129 cm³/mol. The van der Waals surface area contributed by atoms with Gasteiger partial charge >= 0.3 is 5.97 Å². The number of imide groups is 1. The van der Waals surface area contributed by atoms with Crippen molar-refractivity contribution < 1.29 is 33.2 Å². The van der Waals surface area contributed by atoms with Crippen LogP contribution in [-0.4, -0.2) is 34.0 Å². The van der Waals surface area contributed by atoms with E-state index in [1.807, 2.05) is 0 Å². The Labute approximate surface area is 208 Å². The van der Waals surface area contributed by atoms with Gasteiger partial charge in [-0.25, -0.2) is 9.18 Å². The number of esters is 1. The number of amides is 2. The second-order valence-corrected chi connectivity index (χ2v) is 8.46. The minimum Gasteiger partial charge on any atom is -0.493 e. The summed E-state index contributed by atoms with van der Waals surface area (Å²) in [5, 5.41) is 10.3. The van der Waals surface area contributed by atoms with Gasteiger partial charge < -0.3 is 9.47 Å². The Kier molecular flexibility index (Phi) is 7.11. The van der Waals surface area contributed by atoms with Crippen molar-refractivity contribution in [3.63, 3.8) is 0 Å². The SMILES string of the molecule is COc1cc(/C=C2\SC(=O)N(Cc3ccccc3F)C2=O)ccc1OC(=O)c1ccc([N+](=O)[O-])cc1. The number of ether oxygens (including phenoxy) is 2. The molecule has 182 valence electrons. The van der Waals surface area contributed by atoms with E-state index in [-0.39, 0.29) is 39.8 Å². The van der Waals surface area contributed by atoms with Crippen molar-refractivity contribution >= 4 is 40.6 Å². The molecule has 0 atom stereocenters. The summed E-state index contributed by atoms with van der Waals surface area (Å²) in [6, 6.07) is 15.4. The van der Waals surface area contributed by atoms with E-state index in [4.69, 9.17) is 9.47 Å². The summed E-state index contributed by atoms with van der Waals surface area (Å²) in [4.78, 5) is 48.9. The molecule has 0 unspecified atom stereocenters. The van der Waals surface area contributed by atoms with Gasteiger partial charge in [0.25, 0.3) is 16.8 Å². The lowest BCUT2D eigenvalue weighted by Crippen LogP contribution is -2.27. The number of nitro benzene ring substituents is 1. The number of carbonyl (C=O) groups is 3. The number of nitro groups is 1. The van der Waals surface area contributed by atoms with E-state index in [0.717, 1.165) is 16.7 Å². The Bertz CT molecular complexity index is 1410. The van der Waals surface area contributed by atoms with Crippen molar-refractivity contribution in [1.82, 2.24) is 4.90 Å². The first-order valence-electron chi connectivity index (χ1n) is 10.4. The Hall–Kier alpha value is -4.51. The summed E-state index contributed by atoms with van der Waals surface area (Å²) in [5.41, 5.74) is 0.669. The molecule has 3 aromatic carbocycles. The lowest BCUT2D eigenvalue weighted by Gasteiger charge is -2.13. The molecule has 1 aliphatic heterocycles. The van der Waals surface area contributed by atoms with E-state index >= 15 is 0 Å². The standard InChI is InChI=1S/C25H17FN2O7S/c1-34-21-12-15(6-11-20(21)35-24(30)16-7-9-18(10-8-16)28(32)33)13-22-23(29)27(25(31)36-22)14-17-4-2-3-5-19(17)26/h2-13H,14H2,1H3/b22-13-. The third-order valence-electron chi connectivity index (χ3n) is 5.16. The van der Waals surface area contributed by atoms with Crippen molar-refractivity contribution in [2.24, 2.45) is 0 Å². The molecular formula is C25H17FN2O7S. The number of carbonyl (C=O) groups excluding carboxylic acids is 3. The van der Waals surface area contributed by atoms with Gasteiger partial charge in [-0.05, 0) is 53.7 Å². The molecule has 4 rings (SSSR count). The van der Waals surface area contributed by atoms with Crippen molar-refractivity contribution in [3.05, 3.63) is 104 Å². The molecule has 0 radical (unpaired) electrons. The van der Waals surface area contributed by atoms with Gasteiger partial charge in [0.15, 0.2) is 11.5 Å². The molecule has 0 aromatic heterocycles. The van der Waals surface area contributed by atoms with Gasteiger partial charge in [0.2, 0.25) is 0 Å². The second kappa shape index (κ2) is 10.4. The summed E-state index contributed by atoms with van der Waals surface area (Å²) in [5.74, 6) is -1.54. The molecule has 36 heavy (non-hydrogen) atoms. The van der Waals surface area contributed by atoms with Gasteiger partial charge in [0.05, 0.1) is 29.0 Å². The largest absolute Gasteiger partial charge is 0.493 e. The molecule has 0 aliphatic carbocycles. The maximum absolute atomic E-state index is 14.0. The minimum atomic E-state index is -0.745. The van der Waals surface area contributed by atoms with Gasteiger partial charge in [-0.3, -0.25) is 24.6 Å². The first kappa shape index (κ1) is 24.6. The number of non-ortho nitro benzene ring substituents is 1. The monoisotopic (exact) mass is 508 g/mol. The van der Waals surface area contributed by atoms with E-state index in [2.05, 4.69) is 0 Å². The lowest BCUT2D eigenvalue weighted by atomic mass is 10.1. The molecule has 2 amide bonds.